The van der Waals surface area contributed by atoms with Crippen LogP contribution in [0.3, 0.4) is 0 Å². The largest absolute Gasteiger partial charge is 0.399 e. The molecule has 0 fully saturated rings. The molecule has 0 aliphatic carbocycles. The van der Waals surface area contributed by atoms with Crippen LogP contribution in [0.5, 0.6) is 0 Å². The number of carbonyl (C=O) groups is 3. The number of unbranched alkanes of at least 4 members (excludes halogenated alkanes) is 3. The van der Waals surface area contributed by atoms with E-state index in [4.69, 9.17) is 5.73 Å². The second-order valence-electron chi connectivity index (χ2n) is 6.85. The van der Waals surface area contributed by atoms with Crippen molar-refractivity contribution < 1.29 is 14.4 Å². The summed E-state index contributed by atoms with van der Waals surface area (Å²) in [5.41, 5.74) is 7.51. The van der Waals surface area contributed by atoms with Crippen LogP contribution in [-0.4, -0.2) is 48.8 Å². The Labute approximate surface area is 166 Å². The van der Waals surface area contributed by atoms with Gasteiger partial charge in [0.15, 0.2) is 0 Å². The smallest absolute Gasteiger partial charge is 0.253 e. The summed E-state index contributed by atoms with van der Waals surface area (Å²) in [5, 5.41) is 2.95. The number of carbonyl (C=O) groups excluding carboxylic acids is 3. The molecule has 1 aliphatic rings. The molecule has 0 radical (unpaired) electrons. The summed E-state index contributed by atoms with van der Waals surface area (Å²) < 4.78 is 0. The fraction of sp³-hybridized carbons (Fsp3) is 0.476. The van der Waals surface area contributed by atoms with Crippen LogP contribution in [0.4, 0.5) is 11.4 Å². The predicted molar refractivity (Wildman–Crippen MR) is 111 cm³/mol. The molecule has 0 bridgehead atoms. The van der Waals surface area contributed by atoms with Gasteiger partial charge in [-0.05, 0) is 44.0 Å². The molecule has 2 rings (SSSR count). The Morgan fingerprint density at radius 1 is 1.04 bits per heavy atom. The molecule has 0 spiro atoms. The number of rotatable bonds is 12. The monoisotopic (exact) mass is 386 g/mol. The van der Waals surface area contributed by atoms with Gasteiger partial charge < -0.3 is 16.0 Å². The first-order valence-corrected chi connectivity index (χ1v) is 9.92. The Morgan fingerprint density at radius 3 is 2.32 bits per heavy atom. The van der Waals surface area contributed by atoms with Crippen LogP contribution >= 0.6 is 0 Å². The number of nitrogens with two attached hydrogens (primary N) is 1. The van der Waals surface area contributed by atoms with E-state index in [1.54, 1.807) is 0 Å². The zero-order valence-corrected chi connectivity index (χ0v) is 16.5. The number of amides is 3. The molecule has 28 heavy (non-hydrogen) atoms. The molecule has 1 aromatic rings. The maximum absolute atomic E-state index is 12.0. The van der Waals surface area contributed by atoms with Gasteiger partial charge in [0.05, 0.1) is 0 Å². The highest BCUT2D eigenvalue weighted by Crippen LogP contribution is 2.16. The Bertz CT molecular complexity index is 682. The van der Waals surface area contributed by atoms with E-state index in [0.29, 0.717) is 26.1 Å². The van der Waals surface area contributed by atoms with Crippen LogP contribution in [0, 0.1) is 0 Å². The van der Waals surface area contributed by atoms with Crippen LogP contribution < -0.4 is 16.0 Å². The van der Waals surface area contributed by atoms with Gasteiger partial charge in [-0.2, -0.15) is 0 Å². The summed E-state index contributed by atoms with van der Waals surface area (Å²) in [4.78, 5) is 38.3. The first-order valence-electron chi connectivity index (χ1n) is 9.92. The fourth-order valence-corrected chi connectivity index (χ4v) is 3.11. The van der Waals surface area contributed by atoms with Gasteiger partial charge in [0.2, 0.25) is 5.91 Å². The van der Waals surface area contributed by atoms with Gasteiger partial charge in [-0.1, -0.05) is 12.8 Å². The molecule has 0 unspecified atom stereocenters. The van der Waals surface area contributed by atoms with Gasteiger partial charge in [-0.25, -0.2) is 0 Å². The third-order valence-electron chi connectivity index (χ3n) is 4.78. The molecule has 0 saturated carbocycles. The minimum Gasteiger partial charge on any atom is -0.399 e. The second-order valence-corrected chi connectivity index (χ2v) is 6.85. The zero-order chi connectivity index (χ0) is 20.4. The summed E-state index contributed by atoms with van der Waals surface area (Å²) >= 11 is 0. The van der Waals surface area contributed by atoms with Crippen molar-refractivity contribution in [3.05, 3.63) is 36.4 Å². The molecule has 3 N–H and O–H groups in total. The quantitative estimate of drug-likeness (QED) is 0.326. The van der Waals surface area contributed by atoms with E-state index < -0.39 is 0 Å². The number of nitrogens with one attached hydrogen (secondary N) is 1. The normalized spacial score (nSPS) is 13.2. The lowest BCUT2D eigenvalue weighted by Gasteiger charge is -2.23. The minimum absolute atomic E-state index is 0.0493. The minimum atomic E-state index is -0.225. The van der Waals surface area contributed by atoms with Gasteiger partial charge >= 0.3 is 0 Å². The SMILES string of the molecule is CCN(CCC(=O)NCCCCCCN1C(=O)C=CC1=O)c1ccc(N)cc1. The summed E-state index contributed by atoms with van der Waals surface area (Å²) in [7, 11) is 0. The van der Waals surface area contributed by atoms with Gasteiger partial charge in [-0.15, -0.1) is 0 Å². The number of benzene rings is 1. The number of hydrogen-bond donors (Lipinski definition) is 2. The number of nitrogen functional groups attached to an aromatic ring is 1. The van der Waals surface area contributed by atoms with Crippen LogP contribution in [0.2, 0.25) is 0 Å². The van der Waals surface area contributed by atoms with E-state index in [1.165, 1.54) is 17.1 Å². The van der Waals surface area contributed by atoms with Gasteiger partial charge in [0, 0.05) is 56.1 Å². The van der Waals surface area contributed by atoms with Crippen LogP contribution in [0.1, 0.15) is 39.0 Å². The van der Waals surface area contributed by atoms with E-state index in [-0.39, 0.29) is 17.7 Å². The average Bonchev–Trinajstić information content (AvgIpc) is 3.00. The summed E-state index contributed by atoms with van der Waals surface area (Å²) in [6.07, 6.45) is 6.63. The molecule has 1 aliphatic heterocycles. The van der Waals surface area contributed by atoms with Crippen molar-refractivity contribution in [3.8, 4) is 0 Å². The maximum Gasteiger partial charge on any atom is 0.253 e. The van der Waals surface area contributed by atoms with Crippen molar-refractivity contribution in [2.45, 2.75) is 39.0 Å². The van der Waals surface area contributed by atoms with E-state index in [0.717, 1.165) is 43.6 Å². The summed E-state index contributed by atoms with van der Waals surface area (Å²) in [5.74, 6) is -0.400. The average molecular weight is 386 g/mol. The number of imide groups is 1. The number of hydrogen-bond acceptors (Lipinski definition) is 5. The predicted octanol–water partition coefficient (Wildman–Crippen LogP) is 2.09. The zero-order valence-electron chi connectivity index (χ0n) is 16.5. The molecule has 152 valence electrons. The number of nitrogens with zero attached hydrogens (tertiary/aromatic N) is 2. The lowest BCUT2D eigenvalue weighted by atomic mass is 10.2. The van der Waals surface area contributed by atoms with Crippen molar-refractivity contribution in [2.75, 3.05) is 36.8 Å². The molecule has 0 saturated heterocycles. The van der Waals surface area contributed by atoms with E-state index in [1.807, 2.05) is 24.3 Å². The molecule has 7 nitrogen and oxygen atoms in total. The first-order chi connectivity index (χ1) is 13.5. The Kier molecular flexibility index (Phi) is 8.52. The Hall–Kier alpha value is -2.83. The standard InChI is InChI=1S/C21H30N4O3/c1-2-24(18-9-7-17(22)8-10-18)16-13-19(26)23-14-5-3-4-6-15-25-20(27)11-12-21(25)28/h7-12H,2-6,13-16,22H2,1H3,(H,23,26). The topological polar surface area (TPSA) is 95.7 Å². The third-order valence-corrected chi connectivity index (χ3v) is 4.78. The van der Waals surface area contributed by atoms with Crippen molar-refractivity contribution in [1.82, 2.24) is 10.2 Å². The van der Waals surface area contributed by atoms with Crippen molar-refractivity contribution in [3.63, 3.8) is 0 Å². The fourth-order valence-electron chi connectivity index (χ4n) is 3.11. The van der Waals surface area contributed by atoms with Crippen LogP contribution in [0.15, 0.2) is 36.4 Å². The molecule has 0 atom stereocenters. The molecule has 0 aromatic heterocycles. The van der Waals surface area contributed by atoms with Crippen LogP contribution in [-0.2, 0) is 14.4 Å². The van der Waals surface area contributed by atoms with E-state index >= 15 is 0 Å². The van der Waals surface area contributed by atoms with Crippen molar-refractivity contribution in [2.24, 2.45) is 0 Å². The highest BCUT2D eigenvalue weighted by atomic mass is 16.2. The molecular formula is C21H30N4O3. The second kappa shape index (κ2) is 11.1. The van der Waals surface area contributed by atoms with Gasteiger partial charge in [0.25, 0.3) is 11.8 Å². The highest BCUT2D eigenvalue weighted by Gasteiger charge is 2.22. The molecule has 1 heterocycles. The third kappa shape index (κ3) is 6.72. The Balaban J connectivity index is 1.53. The molecule has 7 heteroatoms. The van der Waals surface area contributed by atoms with Gasteiger partial charge in [0.1, 0.15) is 0 Å². The van der Waals surface area contributed by atoms with E-state index in [2.05, 4.69) is 17.1 Å². The highest BCUT2D eigenvalue weighted by molar-refractivity contribution is 6.12. The molecular weight excluding hydrogens is 356 g/mol. The first kappa shape index (κ1) is 21.5. The van der Waals surface area contributed by atoms with Crippen molar-refractivity contribution >= 4 is 29.1 Å². The van der Waals surface area contributed by atoms with E-state index in [9.17, 15) is 14.4 Å². The summed E-state index contributed by atoms with van der Waals surface area (Å²) in [6.45, 7) is 4.67. The molecule has 1 aromatic carbocycles. The van der Waals surface area contributed by atoms with Gasteiger partial charge in [-0.3, -0.25) is 19.3 Å². The Morgan fingerprint density at radius 2 is 1.68 bits per heavy atom. The maximum atomic E-state index is 12.0. The lowest BCUT2D eigenvalue weighted by molar-refractivity contribution is -0.136. The molecule has 3 amide bonds. The number of anilines is 2. The van der Waals surface area contributed by atoms with Crippen molar-refractivity contribution in [1.29, 1.82) is 0 Å². The summed E-state index contributed by atoms with van der Waals surface area (Å²) in [6, 6.07) is 7.67. The van der Waals surface area contributed by atoms with Crippen LogP contribution in [0.25, 0.3) is 0 Å². The lowest BCUT2D eigenvalue weighted by Crippen LogP contribution is -2.31.